The van der Waals surface area contributed by atoms with Crippen molar-refractivity contribution in [2.45, 2.75) is 12.6 Å². The first kappa shape index (κ1) is 25.7. The summed E-state index contributed by atoms with van der Waals surface area (Å²) in [6.07, 6.45) is 0. The molecule has 0 saturated carbocycles. The fraction of sp³-hybridized carbons (Fsp3) is 0.111. The molecule has 0 bridgehead atoms. The smallest absolute Gasteiger partial charge is 0.273 e. The monoisotopic (exact) mass is 547 g/mol. The summed E-state index contributed by atoms with van der Waals surface area (Å²) in [5, 5.41) is 2.86. The van der Waals surface area contributed by atoms with Crippen molar-refractivity contribution in [1.82, 2.24) is 9.69 Å². The van der Waals surface area contributed by atoms with Crippen molar-refractivity contribution in [2.75, 3.05) is 17.4 Å². The number of anilines is 2. The lowest BCUT2D eigenvalue weighted by Crippen LogP contribution is -2.44. The van der Waals surface area contributed by atoms with Crippen LogP contribution in [0.25, 0.3) is 0 Å². The number of fused-ring (bicyclic) bond motifs is 1. The zero-order valence-electron chi connectivity index (χ0n) is 20.3. The molecule has 0 fully saturated rings. The first-order valence-corrected chi connectivity index (χ1v) is 12.5. The summed E-state index contributed by atoms with van der Waals surface area (Å²) in [6.45, 7) is 0.171. The lowest BCUT2D eigenvalue weighted by molar-refractivity contribution is -0.122. The molecule has 10 nitrogen and oxygen atoms in total. The normalized spacial score (nSPS) is 12.5. The highest BCUT2D eigenvalue weighted by atomic mass is 32.1. The molecule has 0 saturated heterocycles. The summed E-state index contributed by atoms with van der Waals surface area (Å²) in [7, 11) is 0. The van der Waals surface area contributed by atoms with Gasteiger partial charge in [0.1, 0.15) is 16.7 Å². The van der Waals surface area contributed by atoms with Crippen LogP contribution in [0.5, 0.6) is 11.5 Å². The van der Waals surface area contributed by atoms with Gasteiger partial charge in [0.15, 0.2) is 17.2 Å². The molecule has 1 aliphatic rings. The molecule has 1 atom stereocenters. The van der Waals surface area contributed by atoms with Gasteiger partial charge >= 0.3 is 0 Å². The van der Waals surface area contributed by atoms with Gasteiger partial charge in [0.25, 0.3) is 11.8 Å². The van der Waals surface area contributed by atoms with E-state index < -0.39 is 29.6 Å². The number of ether oxygens (including phenoxy) is 2. The van der Waals surface area contributed by atoms with Gasteiger partial charge in [0, 0.05) is 18.3 Å². The van der Waals surface area contributed by atoms with Crippen LogP contribution in [0.2, 0.25) is 0 Å². The van der Waals surface area contributed by atoms with E-state index in [1.807, 2.05) is 30.3 Å². The predicted octanol–water partition coefficient (Wildman–Crippen LogP) is 3.40. The Kier molecular flexibility index (Phi) is 7.10. The van der Waals surface area contributed by atoms with Gasteiger partial charge in [-0.1, -0.05) is 42.5 Å². The molecule has 4 aromatic rings. The van der Waals surface area contributed by atoms with Gasteiger partial charge in [-0.15, -0.1) is 0 Å². The number of hydrogen-bond acceptors (Lipinski definition) is 8. The van der Waals surface area contributed by atoms with Crippen LogP contribution in [0.3, 0.4) is 0 Å². The van der Waals surface area contributed by atoms with E-state index in [-0.39, 0.29) is 35.3 Å². The number of halogens is 1. The Labute approximate surface area is 226 Å². The first-order valence-electron chi connectivity index (χ1n) is 11.7. The van der Waals surface area contributed by atoms with Gasteiger partial charge in [-0.3, -0.25) is 19.3 Å². The standard InChI is InChI=1S/C27H22FN5O5S/c28-17-8-6-16(7-9-17)23(26(35)31-13-15-4-2-1-3-5-15)33(18-10-11-19-20(12-18)38-14-37-19)27(36)24-21(29)22(25(30)34)32-39-24/h1-12,23H,13-14,29H2,(H2,30,34)(H,31,35)/t23-/m1/s1. The molecule has 0 radical (unpaired) electrons. The Balaban J connectivity index is 1.62. The zero-order valence-corrected chi connectivity index (χ0v) is 21.1. The number of nitrogens with one attached hydrogen (secondary N) is 1. The number of nitrogens with two attached hydrogens (primary N) is 2. The van der Waals surface area contributed by atoms with E-state index in [9.17, 15) is 18.8 Å². The fourth-order valence-electron chi connectivity index (χ4n) is 4.10. The highest BCUT2D eigenvalue weighted by molar-refractivity contribution is 7.09. The van der Waals surface area contributed by atoms with Crippen molar-refractivity contribution in [3.05, 3.63) is 100 Å². The summed E-state index contributed by atoms with van der Waals surface area (Å²) < 4.78 is 28.7. The van der Waals surface area contributed by atoms with Crippen LogP contribution < -0.4 is 31.2 Å². The second-order valence-electron chi connectivity index (χ2n) is 8.51. The average Bonchev–Trinajstić information content (AvgIpc) is 3.57. The van der Waals surface area contributed by atoms with Crippen LogP contribution >= 0.6 is 11.5 Å². The van der Waals surface area contributed by atoms with E-state index in [1.54, 1.807) is 18.2 Å². The van der Waals surface area contributed by atoms with Crippen LogP contribution in [0.15, 0.2) is 72.8 Å². The maximum atomic E-state index is 14.1. The quantitative estimate of drug-likeness (QED) is 0.306. The number of carbonyl (C=O) groups excluding carboxylic acids is 3. The van der Waals surface area contributed by atoms with Crippen molar-refractivity contribution in [3.8, 4) is 11.5 Å². The van der Waals surface area contributed by atoms with Crippen LogP contribution in [-0.2, 0) is 11.3 Å². The third-order valence-corrected chi connectivity index (χ3v) is 6.86. The SMILES string of the molecule is NC(=O)c1nsc(C(=O)N(c2ccc3c(c2)OCO3)[C@@H](C(=O)NCc2ccccc2)c2ccc(F)cc2)c1N. The lowest BCUT2D eigenvalue weighted by atomic mass is 10.0. The van der Waals surface area contributed by atoms with Gasteiger partial charge in [-0.05, 0) is 46.9 Å². The Hall–Kier alpha value is -4.97. The average molecular weight is 548 g/mol. The van der Waals surface area contributed by atoms with Crippen molar-refractivity contribution >= 4 is 40.6 Å². The molecule has 3 amide bonds. The largest absolute Gasteiger partial charge is 0.454 e. The minimum atomic E-state index is -1.28. The van der Waals surface area contributed by atoms with E-state index >= 15 is 0 Å². The second kappa shape index (κ2) is 10.8. The second-order valence-corrected chi connectivity index (χ2v) is 9.28. The number of primary amides is 1. The minimum absolute atomic E-state index is 0.00451. The van der Waals surface area contributed by atoms with Gasteiger partial charge in [-0.25, -0.2) is 4.39 Å². The first-order chi connectivity index (χ1) is 18.8. The summed E-state index contributed by atoms with van der Waals surface area (Å²) in [5.74, 6) is -1.85. The molecule has 1 aliphatic heterocycles. The molecule has 39 heavy (non-hydrogen) atoms. The highest BCUT2D eigenvalue weighted by Crippen LogP contribution is 2.39. The Morgan fingerprint density at radius 2 is 1.74 bits per heavy atom. The summed E-state index contributed by atoms with van der Waals surface area (Å²) in [4.78, 5) is 40.8. The third kappa shape index (κ3) is 5.22. The molecule has 5 rings (SSSR count). The van der Waals surface area contributed by atoms with Gasteiger partial charge in [0.05, 0.1) is 5.69 Å². The number of benzene rings is 3. The van der Waals surface area contributed by atoms with Crippen LogP contribution in [-0.4, -0.2) is 28.9 Å². The van der Waals surface area contributed by atoms with Crippen molar-refractivity contribution < 1.29 is 28.2 Å². The summed E-state index contributed by atoms with van der Waals surface area (Å²) in [6, 6.07) is 17.9. The molecule has 0 aliphatic carbocycles. The van der Waals surface area contributed by atoms with E-state index in [2.05, 4.69) is 9.69 Å². The molecule has 1 aromatic heterocycles. The topological polar surface area (TPSA) is 150 Å². The number of amides is 3. The number of aromatic nitrogens is 1. The van der Waals surface area contributed by atoms with E-state index in [1.165, 1.54) is 29.2 Å². The van der Waals surface area contributed by atoms with Crippen LogP contribution in [0.1, 0.15) is 37.3 Å². The van der Waals surface area contributed by atoms with Gasteiger partial charge in [0.2, 0.25) is 12.7 Å². The zero-order chi connectivity index (χ0) is 27.5. The number of nitrogen functional groups attached to an aromatic ring is 1. The van der Waals surface area contributed by atoms with Gasteiger partial charge in [-0.2, -0.15) is 4.37 Å². The molecule has 12 heteroatoms. The number of hydrogen-bond donors (Lipinski definition) is 3. The molecule has 3 aromatic carbocycles. The minimum Gasteiger partial charge on any atom is -0.454 e. The summed E-state index contributed by atoms with van der Waals surface area (Å²) in [5.41, 5.74) is 12.4. The molecule has 198 valence electrons. The number of carbonyl (C=O) groups is 3. The molecule has 0 spiro atoms. The molecular weight excluding hydrogens is 525 g/mol. The molecule has 0 unspecified atom stereocenters. The Morgan fingerprint density at radius 1 is 1.03 bits per heavy atom. The highest BCUT2D eigenvalue weighted by Gasteiger charge is 2.36. The predicted molar refractivity (Wildman–Crippen MR) is 142 cm³/mol. The summed E-state index contributed by atoms with van der Waals surface area (Å²) >= 11 is 0.683. The maximum absolute atomic E-state index is 14.1. The van der Waals surface area contributed by atoms with E-state index in [4.69, 9.17) is 20.9 Å². The Morgan fingerprint density at radius 3 is 2.44 bits per heavy atom. The van der Waals surface area contributed by atoms with Crippen LogP contribution in [0, 0.1) is 5.82 Å². The number of rotatable bonds is 8. The van der Waals surface area contributed by atoms with Crippen molar-refractivity contribution in [1.29, 1.82) is 0 Å². The fourth-order valence-corrected chi connectivity index (χ4v) is 4.84. The van der Waals surface area contributed by atoms with E-state index in [0.717, 1.165) is 5.56 Å². The van der Waals surface area contributed by atoms with Crippen LogP contribution in [0.4, 0.5) is 15.8 Å². The van der Waals surface area contributed by atoms with Gasteiger partial charge < -0.3 is 26.3 Å². The Bertz CT molecular complexity index is 1540. The maximum Gasteiger partial charge on any atom is 0.273 e. The molecular formula is C27H22FN5O5S. The van der Waals surface area contributed by atoms with Crippen molar-refractivity contribution in [3.63, 3.8) is 0 Å². The molecule has 2 heterocycles. The van der Waals surface area contributed by atoms with E-state index in [0.29, 0.717) is 28.6 Å². The third-order valence-electron chi connectivity index (χ3n) is 6.01. The number of nitrogens with zero attached hydrogens (tertiary/aromatic N) is 2. The van der Waals surface area contributed by atoms with Crippen molar-refractivity contribution in [2.24, 2.45) is 5.73 Å². The lowest BCUT2D eigenvalue weighted by Gasteiger charge is -2.31. The molecule has 5 N–H and O–H groups in total.